The maximum absolute atomic E-state index is 2.87. The van der Waals surface area contributed by atoms with Crippen LogP contribution in [0.3, 0.4) is 0 Å². The lowest BCUT2D eigenvalue weighted by molar-refractivity contribution is 0.195. The smallest absolute Gasteiger partial charge is 0.252 e. The second kappa shape index (κ2) is 10.8. The Labute approximate surface area is 333 Å². The molecule has 4 aliphatic heterocycles. The zero-order valence-electron chi connectivity index (χ0n) is 33.7. The average Bonchev–Trinajstić information content (AvgIpc) is 3.55. The third kappa shape index (κ3) is 3.73. The van der Waals surface area contributed by atoms with Gasteiger partial charge >= 0.3 is 0 Å². The van der Waals surface area contributed by atoms with E-state index in [1.165, 1.54) is 115 Å². The van der Waals surface area contributed by atoms with Crippen LogP contribution in [0.15, 0.2) is 121 Å². The molecule has 4 unspecified atom stereocenters. The Balaban J connectivity index is 1.23. The first kappa shape index (κ1) is 33.0. The lowest BCUT2D eigenvalue weighted by Gasteiger charge is -2.54. The Kier molecular flexibility index (Phi) is 6.35. The Morgan fingerprint density at radius 1 is 0.518 bits per heavy atom. The van der Waals surface area contributed by atoms with Gasteiger partial charge in [0.2, 0.25) is 0 Å². The van der Waals surface area contributed by atoms with Crippen molar-refractivity contribution < 1.29 is 0 Å². The fraction of sp³-hybridized carbons (Fsp3) is 0.308. The van der Waals surface area contributed by atoms with E-state index in [-0.39, 0.29) is 28.6 Å². The summed E-state index contributed by atoms with van der Waals surface area (Å²) in [6.45, 7) is 14.9. The van der Waals surface area contributed by atoms with Crippen molar-refractivity contribution in [2.24, 2.45) is 0 Å². The van der Waals surface area contributed by atoms with Crippen LogP contribution in [0.5, 0.6) is 0 Å². The molecule has 3 nitrogen and oxygen atoms in total. The van der Waals surface area contributed by atoms with E-state index in [2.05, 4.69) is 178 Å². The van der Waals surface area contributed by atoms with Gasteiger partial charge in [-0.1, -0.05) is 112 Å². The summed E-state index contributed by atoms with van der Waals surface area (Å²) >= 11 is 0. The molecule has 12 rings (SSSR count). The lowest BCUT2D eigenvalue weighted by Crippen LogP contribution is -2.64. The molecule has 2 aliphatic carbocycles. The third-order valence-corrected chi connectivity index (χ3v) is 16.3. The number of fused-ring (bicyclic) bond motifs is 12. The molecule has 4 atom stereocenters. The molecule has 0 bridgehead atoms. The number of rotatable bonds is 2. The summed E-state index contributed by atoms with van der Waals surface area (Å²) < 4.78 is 0. The molecule has 276 valence electrons. The van der Waals surface area contributed by atoms with Crippen molar-refractivity contribution in [2.75, 3.05) is 14.7 Å². The van der Waals surface area contributed by atoms with Crippen molar-refractivity contribution in [2.45, 2.75) is 102 Å². The predicted octanol–water partition coefficient (Wildman–Crippen LogP) is 10.9. The zero-order chi connectivity index (χ0) is 37.9. The largest absolute Gasteiger partial charge is 0.334 e. The first-order chi connectivity index (χ1) is 27.1. The Morgan fingerprint density at radius 3 is 2.11 bits per heavy atom. The zero-order valence-corrected chi connectivity index (χ0v) is 33.7. The van der Waals surface area contributed by atoms with Gasteiger partial charge in [0.15, 0.2) is 0 Å². The number of nitrogens with zero attached hydrogens (tertiary/aromatic N) is 3. The quantitative estimate of drug-likeness (QED) is 0.164. The van der Waals surface area contributed by atoms with Crippen LogP contribution < -0.4 is 31.1 Å². The van der Waals surface area contributed by atoms with E-state index in [1.54, 1.807) is 0 Å². The second-order valence-corrected chi connectivity index (χ2v) is 18.9. The highest BCUT2D eigenvalue weighted by atomic mass is 15.3. The maximum Gasteiger partial charge on any atom is 0.252 e. The summed E-state index contributed by atoms with van der Waals surface area (Å²) in [7, 11) is 0. The van der Waals surface area contributed by atoms with Gasteiger partial charge in [-0.3, -0.25) is 0 Å². The SMILES string of the molecule is Cc1cccc(N2c3cc(C)ccc3B3c4cccc5c4N(c4cc(N6c7ccccc7C7(C)CCCCC67C)cc2c43)C2(C)c3ccccc3CCC52C)c1. The number of aryl methyl sites for hydroxylation is 3. The number of para-hydroxylation sites is 2. The fourth-order valence-corrected chi connectivity index (χ4v) is 13.2. The van der Waals surface area contributed by atoms with Gasteiger partial charge in [-0.25, -0.2) is 0 Å². The predicted molar refractivity (Wildman–Crippen MR) is 236 cm³/mol. The highest BCUT2D eigenvalue weighted by molar-refractivity contribution is 7.00. The number of hydrogen-bond acceptors (Lipinski definition) is 3. The molecular formula is C52H50BN3. The van der Waals surface area contributed by atoms with Gasteiger partial charge in [-0.15, -0.1) is 0 Å². The summed E-state index contributed by atoms with van der Waals surface area (Å²) in [5.74, 6) is 0. The van der Waals surface area contributed by atoms with Crippen LogP contribution in [-0.2, 0) is 22.8 Å². The first-order valence-electron chi connectivity index (χ1n) is 21.2. The molecule has 56 heavy (non-hydrogen) atoms. The molecule has 4 heteroatoms. The minimum atomic E-state index is -0.272. The maximum atomic E-state index is 2.87. The molecule has 6 aliphatic rings. The molecule has 0 N–H and O–H groups in total. The van der Waals surface area contributed by atoms with Gasteiger partial charge in [-0.2, -0.15) is 0 Å². The van der Waals surface area contributed by atoms with Crippen LogP contribution in [0, 0.1) is 13.8 Å². The van der Waals surface area contributed by atoms with E-state index in [0.29, 0.717) is 0 Å². The van der Waals surface area contributed by atoms with Crippen LogP contribution in [0.2, 0.25) is 0 Å². The molecule has 0 saturated heterocycles. The number of hydrogen-bond donors (Lipinski definition) is 0. The van der Waals surface area contributed by atoms with E-state index >= 15 is 0 Å². The van der Waals surface area contributed by atoms with Gasteiger partial charge < -0.3 is 14.7 Å². The first-order valence-corrected chi connectivity index (χ1v) is 21.2. The van der Waals surface area contributed by atoms with E-state index in [4.69, 9.17) is 0 Å². The lowest BCUT2D eigenvalue weighted by atomic mass is 9.33. The fourth-order valence-electron chi connectivity index (χ4n) is 13.2. The van der Waals surface area contributed by atoms with Crippen molar-refractivity contribution in [3.05, 3.63) is 155 Å². The highest BCUT2D eigenvalue weighted by Gasteiger charge is 2.64. The Bertz CT molecular complexity index is 2700. The molecular weight excluding hydrogens is 677 g/mol. The highest BCUT2D eigenvalue weighted by Crippen LogP contribution is 2.66. The number of anilines is 7. The monoisotopic (exact) mass is 727 g/mol. The van der Waals surface area contributed by atoms with Crippen molar-refractivity contribution in [3.63, 3.8) is 0 Å². The minimum absolute atomic E-state index is 0.0504. The van der Waals surface area contributed by atoms with Crippen LogP contribution in [0.1, 0.15) is 93.2 Å². The second-order valence-electron chi connectivity index (χ2n) is 18.9. The van der Waals surface area contributed by atoms with Crippen LogP contribution in [-0.4, -0.2) is 12.3 Å². The average molecular weight is 728 g/mol. The molecule has 1 saturated carbocycles. The summed E-state index contributed by atoms with van der Waals surface area (Å²) in [6, 6.07) is 47.7. The van der Waals surface area contributed by atoms with Crippen molar-refractivity contribution in [1.82, 2.24) is 0 Å². The molecule has 6 aromatic rings. The third-order valence-electron chi connectivity index (χ3n) is 16.3. The van der Waals surface area contributed by atoms with Gasteiger partial charge in [0.25, 0.3) is 6.71 Å². The summed E-state index contributed by atoms with van der Waals surface area (Å²) in [5.41, 5.74) is 21.9. The minimum Gasteiger partial charge on any atom is -0.334 e. The van der Waals surface area contributed by atoms with E-state index < -0.39 is 0 Å². The summed E-state index contributed by atoms with van der Waals surface area (Å²) in [4.78, 5) is 8.30. The summed E-state index contributed by atoms with van der Waals surface area (Å²) in [5, 5.41) is 0. The molecule has 0 radical (unpaired) electrons. The molecule has 1 fully saturated rings. The Morgan fingerprint density at radius 2 is 1.25 bits per heavy atom. The van der Waals surface area contributed by atoms with Crippen LogP contribution in [0.25, 0.3) is 0 Å². The van der Waals surface area contributed by atoms with E-state index in [9.17, 15) is 0 Å². The molecule has 4 heterocycles. The van der Waals surface area contributed by atoms with Crippen LogP contribution >= 0.6 is 0 Å². The molecule has 0 amide bonds. The van der Waals surface area contributed by atoms with E-state index in [1.807, 2.05) is 0 Å². The van der Waals surface area contributed by atoms with Crippen LogP contribution in [0.4, 0.5) is 39.8 Å². The van der Waals surface area contributed by atoms with Gasteiger partial charge in [0.05, 0.1) is 11.1 Å². The van der Waals surface area contributed by atoms with E-state index in [0.717, 1.165) is 12.8 Å². The molecule has 0 spiro atoms. The normalized spacial score (nSPS) is 27.2. The van der Waals surface area contributed by atoms with Gasteiger partial charge in [-0.05, 0) is 140 Å². The number of benzene rings is 6. The molecule has 0 aromatic heterocycles. The summed E-state index contributed by atoms with van der Waals surface area (Å²) in [6.07, 6.45) is 7.17. The molecule has 6 aromatic carbocycles. The van der Waals surface area contributed by atoms with Crippen molar-refractivity contribution in [3.8, 4) is 0 Å². The van der Waals surface area contributed by atoms with Crippen molar-refractivity contribution in [1.29, 1.82) is 0 Å². The Hall–Kier alpha value is -5.22. The van der Waals surface area contributed by atoms with Crippen molar-refractivity contribution >= 4 is 62.9 Å². The standard InChI is InChI=1S/C52H50BN3/c1-33-15-13-17-36(29-33)54-44-30-34(2)23-24-41(44)53-42-21-14-20-40-48(42)56(52(6)38-18-8-7-16-35(38)25-28-50(40,52)4)46-32-37(31-45(54)47(46)53)55-43-22-10-9-19-39(43)49(3)26-11-12-27-51(49,55)5/h7-10,13-24,29-32H,11-12,25-28H2,1-6H3. The van der Waals surface area contributed by atoms with Gasteiger partial charge in [0.1, 0.15) is 0 Å². The van der Waals surface area contributed by atoms with Gasteiger partial charge in [0, 0.05) is 50.6 Å². The topological polar surface area (TPSA) is 9.72 Å².